The third-order valence-electron chi connectivity index (χ3n) is 27.0. The zero-order valence-corrected chi connectivity index (χ0v) is 82.6. The van der Waals surface area contributed by atoms with E-state index in [1.165, 1.54) is 13.0 Å². The smallest absolute Gasteiger partial charge is 0.237 e. The van der Waals surface area contributed by atoms with Crippen molar-refractivity contribution in [2.75, 3.05) is 85.3 Å². The van der Waals surface area contributed by atoms with Crippen LogP contribution in [0.5, 0.6) is 0 Å². The van der Waals surface area contributed by atoms with Gasteiger partial charge in [0.1, 0.15) is 47.1 Å². The van der Waals surface area contributed by atoms with Gasteiger partial charge in [0.05, 0.1) is 11.4 Å². The molecule has 12 aromatic rings. The van der Waals surface area contributed by atoms with Crippen molar-refractivity contribution in [2.45, 2.75) is 119 Å². The molecule has 6 fully saturated rings. The van der Waals surface area contributed by atoms with Crippen LogP contribution in [0.1, 0.15) is 136 Å². The van der Waals surface area contributed by atoms with Gasteiger partial charge >= 0.3 is 0 Å². The average molecular weight is 1930 g/mol. The fourth-order valence-electron chi connectivity index (χ4n) is 18.8. The van der Waals surface area contributed by atoms with Crippen molar-refractivity contribution in [3.05, 3.63) is 391 Å². The summed E-state index contributed by atoms with van der Waals surface area (Å²) in [6, 6.07) is 84.8. The maximum Gasteiger partial charge on any atom is 0.237 e. The molecule has 738 valence electrons. The molecular formula is C116H121F3N12O12. The second-order valence-electron chi connectivity index (χ2n) is 37.6. The largest absolute Gasteiger partial charge is 0.355 e. The SMILES string of the molecule is Cc1ccc(C2CN(C)C(=O)C2C(=O)Nc2ccccc2C)cc1.Cc1ccc(C2CNC(=O)C2C(=O)Nc2ccccc2C)cc1.Cc1cccc(C2CN(C)C(=O)C2C(=O)Nc2ccccc2C)c1.Cc1cccc(C2CNC(=O)C2C(=O)Nc2ccc(F)c(C)c2F)c1.Cc1cccc(C2CNC(=O)C2C(=O)Nc2cccc(C)c2F)c1.Cc1cccc(C2CNC(=O)C2C(=O)Nc2ccccc2C)c1. The molecule has 12 amide bonds. The van der Waals surface area contributed by atoms with Crippen molar-refractivity contribution >= 4 is 105 Å². The van der Waals surface area contributed by atoms with Gasteiger partial charge in [-0.25, -0.2) is 13.2 Å². The summed E-state index contributed by atoms with van der Waals surface area (Å²) in [6.45, 7) is 25.5. The van der Waals surface area contributed by atoms with Gasteiger partial charge in [0, 0.05) is 117 Å². The molecule has 6 aliphatic heterocycles. The van der Waals surface area contributed by atoms with Crippen LogP contribution in [0.4, 0.5) is 47.3 Å². The summed E-state index contributed by atoms with van der Waals surface area (Å²) in [7, 11) is 3.51. The molecule has 0 bridgehead atoms. The van der Waals surface area contributed by atoms with E-state index >= 15 is 0 Å². The number of anilines is 6. The number of nitrogens with one attached hydrogen (secondary N) is 10. The highest BCUT2D eigenvalue weighted by molar-refractivity contribution is 6.13. The first-order valence-electron chi connectivity index (χ1n) is 47.7. The molecule has 143 heavy (non-hydrogen) atoms. The highest BCUT2D eigenvalue weighted by atomic mass is 19.1. The van der Waals surface area contributed by atoms with E-state index in [9.17, 15) is 70.7 Å². The van der Waals surface area contributed by atoms with E-state index in [-0.39, 0.29) is 106 Å². The molecule has 0 spiro atoms. The van der Waals surface area contributed by atoms with Gasteiger partial charge in [-0.3, -0.25) is 57.5 Å². The second kappa shape index (κ2) is 47.4. The molecule has 0 aliphatic carbocycles. The predicted octanol–water partition coefficient (Wildman–Crippen LogP) is 17.7. The molecule has 24 nitrogen and oxygen atoms in total. The van der Waals surface area contributed by atoms with Crippen LogP contribution in [-0.2, 0) is 57.5 Å². The lowest BCUT2D eigenvalue weighted by Crippen LogP contribution is -2.32. The number of likely N-dealkylation sites (tertiary alicyclic amines) is 2. The number of para-hydroxylation sites is 4. The Labute approximate surface area is 832 Å². The number of likely N-dealkylation sites (N-methyl/N-ethyl adjacent to an activating group) is 2. The number of aryl methyl sites for hydroxylation is 11. The first-order valence-corrected chi connectivity index (χ1v) is 47.7. The summed E-state index contributed by atoms with van der Waals surface area (Å²) in [5.74, 6) is -11.1. The van der Waals surface area contributed by atoms with Crippen LogP contribution in [0.3, 0.4) is 0 Å². The number of amides is 12. The van der Waals surface area contributed by atoms with Gasteiger partial charge < -0.3 is 63.0 Å². The number of hydrogen-bond acceptors (Lipinski definition) is 12. The van der Waals surface area contributed by atoms with Gasteiger partial charge in [0.2, 0.25) is 70.9 Å². The third kappa shape index (κ3) is 25.6. The maximum absolute atomic E-state index is 14.1. The van der Waals surface area contributed by atoms with Crippen LogP contribution in [0.25, 0.3) is 0 Å². The number of benzene rings is 12. The van der Waals surface area contributed by atoms with E-state index in [1.54, 1.807) is 43.0 Å². The van der Waals surface area contributed by atoms with E-state index in [4.69, 9.17) is 0 Å². The zero-order chi connectivity index (χ0) is 103. The Morgan fingerprint density at radius 2 is 0.497 bits per heavy atom. The minimum atomic E-state index is -0.966. The summed E-state index contributed by atoms with van der Waals surface area (Å²) >= 11 is 0. The highest BCUT2D eigenvalue weighted by Crippen LogP contribution is 2.40. The second-order valence-corrected chi connectivity index (χ2v) is 37.6. The van der Waals surface area contributed by atoms with E-state index in [2.05, 4.69) is 59.2 Å². The van der Waals surface area contributed by atoms with Crippen LogP contribution in [0, 0.1) is 136 Å². The van der Waals surface area contributed by atoms with E-state index in [1.807, 2.05) is 306 Å². The van der Waals surface area contributed by atoms with Crippen molar-refractivity contribution in [3.63, 3.8) is 0 Å². The standard InChI is InChI=1S/2C20H22N2O2.C19H18F2N2O2.C19H19FN2O2.2C19H20N2O2/c1-13-7-6-9-15(11-13)16-12-22(3)20(24)18(16)19(23)21-17-10-5-4-8-14(17)2;1-13-8-10-15(11-9-13)16-12-22(3)20(24)18(16)19(23)21-17-7-5-4-6-14(17)2;1-10-4-3-5-12(8-10)13-9-22-18(24)16(13)19(25)23-15-7-6-14(20)11(2)17(15)21;1-11-5-3-7-13(9-11)14-10-21-18(23)16(14)19(24)22-15-8-4-6-12(2)17(15)20;1-12-6-5-8-14(10-12)15-11-20-18(22)17(15)19(23)21-16-9-4-3-7-13(16)2;1-12-7-9-14(10-8-12)15-11-20-18(22)17(15)19(23)21-16-6-4-3-5-13(16)2/h2*4-11,16,18H,12H2,1-3H3,(H,21,23);3-8,13,16H,9H2,1-2H3,(H,22,24)(H,23,25);3-9,14,16H,10H2,1-2H3,(H,21,23)(H,22,24);2*3-10,15,17H,11H2,1-2H3,(H,20,22)(H,21,23). The van der Waals surface area contributed by atoms with Crippen LogP contribution >= 0.6 is 0 Å². The fourth-order valence-corrected chi connectivity index (χ4v) is 18.8. The van der Waals surface area contributed by atoms with Crippen molar-refractivity contribution < 1.29 is 70.7 Å². The number of hydrogen-bond donors (Lipinski definition) is 10. The molecule has 10 N–H and O–H groups in total. The van der Waals surface area contributed by atoms with Crippen LogP contribution in [0.15, 0.2) is 273 Å². The Kier molecular flexibility index (Phi) is 34.6. The fraction of sp³-hybridized carbons (Fsp3) is 0.276. The Hall–Kier alpha value is -15.9. The summed E-state index contributed by atoms with van der Waals surface area (Å²) in [6.07, 6.45) is 0. The summed E-state index contributed by atoms with van der Waals surface area (Å²) in [5.41, 5.74) is 19.7. The highest BCUT2D eigenvalue weighted by Gasteiger charge is 2.49. The first kappa shape index (κ1) is 104. The molecule has 6 heterocycles. The van der Waals surface area contributed by atoms with Crippen molar-refractivity contribution in [1.82, 2.24) is 31.1 Å². The summed E-state index contributed by atoms with van der Waals surface area (Å²) < 4.78 is 41.6. The molecule has 12 atom stereocenters. The summed E-state index contributed by atoms with van der Waals surface area (Å²) in [5, 5.41) is 27.7. The van der Waals surface area contributed by atoms with Gasteiger partial charge in [-0.2, -0.15) is 0 Å². The van der Waals surface area contributed by atoms with E-state index in [0.717, 1.165) is 124 Å². The average Bonchev–Trinajstić information content (AvgIpc) is 1.66. The molecule has 27 heteroatoms. The van der Waals surface area contributed by atoms with Gasteiger partial charge in [-0.15, -0.1) is 0 Å². The number of rotatable bonds is 18. The van der Waals surface area contributed by atoms with Crippen molar-refractivity contribution in [1.29, 1.82) is 0 Å². The summed E-state index contributed by atoms with van der Waals surface area (Å²) in [4.78, 5) is 153. The van der Waals surface area contributed by atoms with Crippen LogP contribution in [0.2, 0.25) is 0 Å². The predicted molar refractivity (Wildman–Crippen MR) is 550 cm³/mol. The maximum atomic E-state index is 14.1. The molecule has 6 aliphatic rings. The molecule has 18 rings (SSSR count). The lowest BCUT2D eigenvalue weighted by atomic mass is 9.87. The molecule has 12 aromatic carbocycles. The van der Waals surface area contributed by atoms with E-state index in [0.29, 0.717) is 44.8 Å². The van der Waals surface area contributed by atoms with Gasteiger partial charge in [0.15, 0.2) is 5.82 Å². The third-order valence-corrected chi connectivity index (χ3v) is 27.0. The minimum Gasteiger partial charge on any atom is -0.355 e. The lowest BCUT2D eigenvalue weighted by molar-refractivity contribution is -0.136. The Morgan fingerprint density at radius 1 is 0.252 bits per heavy atom. The minimum absolute atomic E-state index is 0.0997. The van der Waals surface area contributed by atoms with Gasteiger partial charge in [0.25, 0.3) is 0 Å². The zero-order valence-electron chi connectivity index (χ0n) is 82.6. The van der Waals surface area contributed by atoms with Crippen molar-refractivity contribution in [2.24, 2.45) is 35.5 Å². The number of halogens is 3. The molecule has 12 unspecified atom stereocenters. The number of nitrogens with zero attached hydrogens (tertiary/aromatic N) is 2. The number of carbonyl (C=O) groups is 12. The van der Waals surface area contributed by atoms with Gasteiger partial charge in [-0.1, -0.05) is 264 Å². The topological polar surface area (TPSA) is 332 Å². The quantitative estimate of drug-likeness (QED) is 0.0359. The van der Waals surface area contributed by atoms with Gasteiger partial charge in [-0.05, 0) is 187 Å². The normalized spacial score (nSPS) is 20.1. The Balaban J connectivity index is 0.000000144. The molecule has 0 radical (unpaired) electrons. The van der Waals surface area contributed by atoms with Crippen LogP contribution in [-0.4, -0.2) is 134 Å². The van der Waals surface area contributed by atoms with Crippen LogP contribution < -0.4 is 53.2 Å². The Morgan fingerprint density at radius 3 is 0.804 bits per heavy atom. The lowest BCUT2D eigenvalue weighted by Gasteiger charge is -2.18. The molecular weight excluding hydrogens is 1810 g/mol. The van der Waals surface area contributed by atoms with Crippen molar-refractivity contribution in [3.8, 4) is 0 Å². The molecule has 0 saturated carbocycles. The first-order chi connectivity index (χ1) is 68.4. The number of carbonyl (C=O) groups excluding carboxylic acids is 12. The monoisotopic (exact) mass is 1930 g/mol. The molecule has 6 saturated heterocycles. The molecule has 0 aromatic heterocycles. The Bertz CT molecular complexity index is 6770. The van der Waals surface area contributed by atoms with E-state index < -0.39 is 70.7 Å².